The van der Waals surface area contributed by atoms with Crippen molar-refractivity contribution in [2.24, 2.45) is 0 Å². The summed E-state index contributed by atoms with van der Waals surface area (Å²) in [6.07, 6.45) is 0.0357. The highest BCUT2D eigenvalue weighted by Gasteiger charge is 2.21. The number of nitrogens with zero attached hydrogens (tertiary/aromatic N) is 2. The van der Waals surface area contributed by atoms with Crippen LogP contribution in [0.3, 0.4) is 0 Å². The van der Waals surface area contributed by atoms with Crippen LogP contribution in [0.25, 0.3) is 10.2 Å². The molecule has 0 aliphatic rings. The fourth-order valence-corrected chi connectivity index (χ4v) is 3.05. The van der Waals surface area contributed by atoms with E-state index in [9.17, 15) is 14.7 Å². The van der Waals surface area contributed by atoms with Crippen molar-refractivity contribution in [3.63, 3.8) is 0 Å². The molecular weight excluding hydrogens is 322 g/mol. The van der Waals surface area contributed by atoms with Crippen LogP contribution in [0.15, 0.2) is 6.33 Å². The maximum Gasteiger partial charge on any atom is 0.348 e. The summed E-state index contributed by atoms with van der Waals surface area (Å²) in [6, 6.07) is 0. The molecule has 1 atom stereocenters. The molecule has 1 unspecified atom stereocenters. The van der Waals surface area contributed by atoms with Crippen LogP contribution in [0.2, 0.25) is 0 Å². The molecule has 0 spiro atoms. The first-order valence-corrected chi connectivity index (χ1v) is 7.72. The number of aryl methyl sites for hydroxylation is 1. The lowest BCUT2D eigenvalue weighted by atomic mass is 10.2. The molecule has 124 valence electrons. The summed E-state index contributed by atoms with van der Waals surface area (Å²) in [5, 5.41) is 13.2. The highest BCUT2D eigenvalue weighted by atomic mass is 32.1. The summed E-state index contributed by atoms with van der Waals surface area (Å²) in [5.41, 5.74) is 0.694. The van der Waals surface area contributed by atoms with Gasteiger partial charge in [-0.25, -0.2) is 19.6 Å². The second-order valence-electron chi connectivity index (χ2n) is 4.60. The maximum atomic E-state index is 12.0. The zero-order chi connectivity index (χ0) is 17.0. The molecule has 0 saturated heterocycles. The number of methoxy groups -OCH3 is 1. The maximum absolute atomic E-state index is 12.0. The van der Waals surface area contributed by atoms with Gasteiger partial charge in [-0.1, -0.05) is 0 Å². The number of thiophene rings is 1. The molecule has 2 aromatic heterocycles. The molecule has 0 amide bonds. The van der Waals surface area contributed by atoms with E-state index in [2.05, 4.69) is 20.0 Å². The molecule has 0 aliphatic carbocycles. The number of esters is 2. The number of fused-ring (bicyclic) bond motifs is 1. The molecule has 9 heteroatoms. The Hall–Kier alpha value is -2.26. The number of nitrogens with one attached hydrogen (secondary N) is 1. The quantitative estimate of drug-likeness (QED) is 0.753. The van der Waals surface area contributed by atoms with Crippen LogP contribution in [-0.4, -0.2) is 53.4 Å². The van der Waals surface area contributed by atoms with E-state index in [4.69, 9.17) is 4.74 Å². The van der Waals surface area contributed by atoms with Crippen LogP contribution in [0, 0.1) is 6.92 Å². The van der Waals surface area contributed by atoms with Crippen LogP contribution in [0.4, 0.5) is 5.82 Å². The van der Waals surface area contributed by atoms with Crippen LogP contribution < -0.4 is 5.32 Å². The summed E-state index contributed by atoms with van der Waals surface area (Å²) in [6.45, 7) is 3.73. The van der Waals surface area contributed by atoms with Gasteiger partial charge in [0, 0.05) is 0 Å². The molecule has 23 heavy (non-hydrogen) atoms. The van der Waals surface area contributed by atoms with Gasteiger partial charge in [0.25, 0.3) is 0 Å². The van der Waals surface area contributed by atoms with Crippen molar-refractivity contribution in [3.8, 4) is 0 Å². The van der Waals surface area contributed by atoms with Crippen LogP contribution in [-0.2, 0) is 14.3 Å². The Labute approximate surface area is 136 Å². The number of carbonyl (C=O) groups excluding carboxylic acids is 2. The molecule has 0 aliphatic heterocycles. The van der Waals surface area contributed by atoms with Crippen molar-refractivity contribution < 1.29 is 24.2 Å². The van der Waals surface area contributed by atoms with Crippen molar-refractivity contribution in [2.45, 2.75) is 20.0 Å². The Morgan fingerprint density at radius 2 is 2.17 bits per heavy atom. The number of aliphatic hydroxyl groups excluding tert-OH is 1. The molecule has 0 radical (unpaired) electrons. The fourth-order valence-electron chi connectivity index (χ4n) is 2.01. The number of hydrogen-bond donors (Lipinski definition) is 2. The lowest BCUT2D eigenvalue weighted by Gasteiger charge is -2.11. The number of anilines is 1. The zero-order valence-electron chi connectivity index (χ0n) is 13.0. The topological polar surface area (TPSA) is 111 Å². The third-order valence-electron chi connectivity index (χ3n) is 3.12. The summed E-state index contributed by atoms with van der Waals surface area (Å²) in [7, 11) is 1.20. The van der Waals surface area contributed by atoms with Gasteiger partial charge in [0.1, 0.15) is 21.9 Å². The number of rotatable bonds is 6. The van der Waals surface area contributed by atoms with Gasteiger partial charge < -0.3 is 19.9 Å². The average molecular weight is 339 g/mol. The average Bonchev–Trinajstić information content (AvgIpc) is 2.89. The normalized spacial score (nSPS) is 12.0. The molecule has 2 heterocycles. The van der Waals surface area contributed by atoms with E-state index in [0.29, 0.717) is 26.5 Å². The van der Waals surface area contributed by atoms with Gasteiger partial charge in [0.05, 0.1) is 25.6 Å². The van der Waals surface area contributed by atoms with E-state index < -0.39 is 18.0 Å². The summed E-state index contributed by atoms with van der Waals surface area (Å²) >= 11 is 1.21. The minimum absolute atomic E-state index is 0.0667. The highest BCUT2D eigenvalue weighted by Crippen LogP contribution is 2.33. The molecular formula is C14H17N3O5S. The van der Waals surface area contributed by atoms with Crippen molar-refractivity contribution in [3.05, 3.63) is 16.8 Å². The molecule has 0 bridgehead atoms. The highest BCUT2D eigenvalue weighted by molar-refractivity contribution is 7.20. The monoisotopic (exact) mass is 339 g/mol. The molecule has 2 N–H and O–H groups in total. The number of hydrogen-bond acceptors (Lipinski definition) is 9. The number of carbonyl (C=O) groups is 2. The summed E-state index contributed by atoms with van der Waals surface area (Å²) < 4.78 is 9.48. The van der Waals surface area contributed by atoms with Gasteiger partial charge in [-0.2, -0.15) is 0 Å². The number of ether oxygens (including phenoxy) is 2. The predicted molar refractivity (Wildman–Crippen MR) is 84.6 cm³/mol. The molecule has 2 aromatic rings. The Kier molecular flexibility index (Phi) is 5.45. The van der Waals surface area contributed by atoms with Crippen LogP contribution >= 0.6 is 11.3 Å². The van der Waals surface area contributed by atoms with Gasteiger partial charge in [0.2, 0.25) is 0 Å². The van der Waals surface area contributed by atoms with Gasteiger partial charge in [-0.3, -0.25) is 0 Å². The minimum atomic E-state index is -1.31. The smallest absolute Gasteiger partial charge is 0.348 e. The van der Waals surface area contributed by atoms with Crippen LogP contribution in [0.5, 0.6) is 0 Å². The van der Waals surface area contributed by atoms with E-state index >= 15 is 0 Å². The molecule has 8 nitrogen and oxygen atoms in total. The third kappa shape index (κ3) is 3.57. The molecule has 0 saturated carbocycles. The lowest BCUT2D eigenvalue weighted by Crippen LogP contribution is -2.29. The summed E-state index contributed by atoms with van der Waals surface area (Å²) in [5.74, 6) is -0.715. The SMILES string of the molecule is CCOC(=O)c1sc2ncnc(NCC(O)C(=O)OC)c2c1C. The van der Waals surface area contributed by atoms with Gasteiger partial charge >= 0.3 is 11.9 Å². The first kappa shape index (κ1) is 17.1. The predicted octanol–water partition coefficient (Wildman–Crippen LogP) is 1.12. The molecule has 0 aromatic carbocycles. The standard InChI is InChI=1S/C14H17N3O5S/c1-4-22-14(20)10-7(2)9-11(16-6-17-12(9)23-10)15-5-8(18)13(19)21-3/h6,8,18H,4-5H2,1-3H3,(H,15,16,17). The van der Waals surface area contributed by atoms with Gasteiger partial charge in [0.15, 0.2) is 6.10 Å². The van der Waals surface area contributed by atoms with E-state index in [-0.39, 0.29) is 13.2 Å². The number of aromatic nitrogens is 2. The van der Waals surface area contributed by atoms with Gasteiger partial charge in [-0.05, 0) is 19.4 Å². The van der Waals surface area contributed by atoms with Crippen molar-refractivity contribution in [2.75, 3.05) is 25.6 Å². The number of aliphatic hydroxyl groups is 1. The Morgan fingerprint density at radius 1 is 1.43 bits per heavy atom. The van der Waals surface area contributed by atoms with E-state index in [1.165, 1.54) is 24.8 Å². The zero-order valence-corrected chi connectivity index (χ0v) is 13.8. The van der Waals surface area contributed by atoms with Crippen molar-refractivity contribution in [1.29, 1.82) is 0 Å². The fraction of sp³-hybridized carbons (Fsp3) is 0.429. The first-order chi connectivity index (χ1) is 11.0. The first-order valence-electron chi connectivity index (χ1n) is 6.90. The van der Waals surface area contributed by atoms with Gasteiger partial charge in [-0.15, -0.1) is 11.3 Å². The second-order valence-corrected chi connectivity index (χ2v) is 5.60. The van der Waals surface area contributed by atoms with E-state index in [0.717, 1.165) is 0 Å². The minimum Gasteiger partial charge on any atom is -0.467 e. The Balaban J connectivity index is 2.31. The van der Waals surface area contributed by atoms with Crippen molar-refractivity contribution >= 4 is 39.3 Å². The Bertz CT molecular complexity index is 731. The van der Waals surface area contributed by atoms with Crippen LogP contribution in [0.1, 0.15) is 22.2 Å². The third-order valence-corrected chi connectivity index (χ3v) is 4.30. The summed E-state index contributed by atoms with van der Waals surface area (Å²) in [4.78, 5) is 32.5. The van der Waals surface area contributed by atoms with E-state index in [1.54, 1.807) is 13.8 Å². The van der Waals surface area contributed by atoms with E-state index in [1.807, 2.05) is 0 Å². The molecule has 0 fully saturated rings. The lowest BCUT2D eigenvalue weighted by molar-refractivity contribution is -0.149. The largest absolute Gasteiger partial charge is 0.467 e. The Morgan fingerprint density at radius 3 is 2.83 bits per heavy atom. The van der Waals surface area contributed by atoms with Crippen molar-refractivity contribution in [1.82, 2.24) is 9.97 Å². The second kappa shape index (κ2) is 7.34. The molecule has 2 rings (SSSR count).